The Hall–Kier alpha value is -1.83. The smallest absolute Gasteiger partial charge is 0.271 e. The van der Waals surface area contributed by atoms with Crippen molar-refractivity contribution >= 4 is 15.7 Å². The lowest BCUT2D eigenvalue weighted by Crippen LogP contribution is -2.10. The summed E-state index contributed by atoms with van der Waals surface area (Å²) in [7, 11) is -3.80. The zero-order chi connectivity index (χ0) is 15.3. The minimum Gasteiger partial charge on any atom is -0.446 e. The minimum absolute atomic E-state index is 0.234. The molecule has 0 bridgehead atoms. The van der Waals surface area contributed by atoms with Gasteiger partial charge in [-0.15, -0.1) is 0 Å². The number of anilines is 1. The Kier molecular flexibility index (Phi) is 5.00. The molecule has 0 amide bonds. The lowest BCUT2D eigenvalue weighted by atomic mass is 10.2. The number of sulfonamides is 1. The molecule has 2 aromatic rings. The van der Waals surface area contributed by atoms with Crippen LogP contribution < -0.4 is 10.5 Å². The zero-order valence-electron chi connectivity index (χ0n) is 11.7. The third-order valence-electron chi connectivity index (χ3n) is 2.85. The van der Waals surface area contributed by atoms with Gasteiger partial charge in [0, 0.05) is 17.9 Å². The van der Waals surface area contributed by atoms with Gasteiger partial charge in [-0.1, -0.05) is 18.2 Å². The Balaban J connectivity index is 2.04. The molecule has 21 heavy (non-hydrogen) atoms. The topological polar surface area (TPSA) is 94.6 Å². The molecule has 1 aromatic carbocycles. The number of benzene rings is 1. The molecule has 0 spiro atoms. The average Bonchev–Trinajstić information content (AvgIpc) is 2.92. The van der Waals surface area contributed by atoms with E-state index in [0.717, 1.165) is 11.3 Å². The lowest BCUT2D eigenvalue weighted by Gasteiger charge is -2.10. The van der Waals surface area contributed by atoms with Gasteiger partial charge in [-0.3, -0.25) is 0 Å². The normalized spacial score (nSPS) is 11.5. The molecule has 0 aliphatic rings. The van der Waals surface area contributed by atoms with Crippen molar-refractivity contribution in [2.75, 3.05) is 11.9 Å². The standard InChI is InChI=1S/C14H18N2O4S/c1-2-19-10-11-5-3-4-6-13(11)16-9-12-7-8-14(20-12)21(15,17)18/h3-8,16H,2,9-10H2,1H3,(H2,15,17,18). The van der Waals surface area contributed by atoms with Gasteiger partial charge in [0.2, 0.25) is 5.09 Å². The van der Waals surface area contributed by atoms with Crippen LogP contribution in [-0.2, 0) is 27.9 Å². The number of nitrogens with one attached hydrogen (secondary N) is 1. The summed E-state index contributed by atoms with van der Waals surface area (Å²) in [5, 5.41) is 7.96. The van der Waals surface area contributed by atoms with Crippen molar-refractivity contribution in [1.82, 2.24) is 0 Å². The van der Waals surface area contributed by atoms with Gasteiger partial charge >= 0.3 is 0 Å². The van der Waals surface area contributed by atoms with E-state index in [4.69, 9.17) is 14.3 Å². The van der Waals surface area contributed by atoms with Crippen LogP contribution in [0.3, 0.4) is 0 Å². The summed E-state index contributed by atoms with van der Waals surface area (Å²) in [6.45, 7) is 3.46. The molecular weight excluding hydrogens is 292 g/mol. The highest BCUT2D eigenvalue weighted by Gasteiger charge is 2.13. The molecule has 3 N–H and O–H groups in total. The number of hydrogen-bond donors (Lipinski definition) is 2. The van der Waals surface area contributed by atoms with Crippen LogP contribution in [0, 0.1) is 0 Å². The van der Waals surface area contributed by atoms with E-state index in [1.54, 1.807) is 6.07 Å². The number of hydrogen-bond acceptors (Lipinski definition) is 5. The molecule has 2 rings (SSSR count). The summed E-state index contributed by atoms with van der Waals surface area (Å²) in [5.74, 6) is 0.491. The van der Waals surface area contributed by atoms with Crippen molar-refractivity contribution in [2.45, 2.75) is 25.2 Å². The van der Waals surface area contributed by atoms with Crippen LogP contribution in [0.25, 0.3) is 0 Å². The van der Waals surface area contributed by atoms with Crippen LogP contribution in [0.1, 0.15) is 18.2 Å². The first-order chi connectivity index (χ1) is 10.0. The molecule has 1 aromatic heterocycles. The average molecular weight is 310 g/mol. The second-order valence-corrected chi connectivity index (χ2v) is 5.91. The zero-order valence-corrected chi connectivity index (χ0v) is 12.5. The number of primary sulfonamides is 1. The first-order valence-corrected chi connectivity index (χ1v) is 8.06. The quantitative estimate of drug-likeness (QED) is 0.816. The summed E-state index contributed by atoms with van der Waals surface area (Å²) in [6, 6.07) is 10.7. The second kappa shape index (κ2) is 6.75. The number of nitrogens with two attached hydrogens (primary N) is 1. The number of para-hydroxylation sites is 1. The van der Waals surface area contributed by atoms with Gasteiger partial charge in [-0.2, -0.15) is 0 Å². The SMILES string of the molecule is CCOCc1ccccc1NCc1ccc(S(N)(=O)=O)o1. The van der Waals surface area contributed by atoms with Crippen molar-refractivity contribution in [2.24, 2.45) is 5.14 Å². The third kappa shape index (κ3) is 4.32. The van der Waals surface area contributed by atoms with E-state index in [9.17, 15) is 8.42 Å². The predicted octanol–water partition coefficient (Wildman–Crippen LogP) is 2.08. The Labute approximate surface area is 124 Å². The number of ether oxygens (including phenoxy) is 1. The lowest BCUT2D eigenvalue weighted by molar-refractivity contribution is 0.134. The molecule has 0 saturated carbocycles. The molecular formula is C14H18N2O4S. The molecule has 0 saturated heterocycles. The molecule has 6 nitrogen and oxygen atoms in total. The fraction of sp³-hybridized carbons (Fsp3) is 0.286. The highest BCUT2D eigenvalue weighted by Crippen LogP contribution is 2.18. The van der Waals surface area contributed by atoms with Crippen molar-refractivity contribution < 1.29 is 17.6 Å². The van der Waals surface area contributed by atoms with Crippen LogP contribution in [0.15, 0.2) is 45.9 Å². The Morgan fingerprint density at radius 3 is 2.67 bits per heavy atom. The van der Waals surface area contributed by atoms with E-state index in [2.05, 4.69) is 5.32 Å². The van der Waals surface area contributed by atoms with Crippen LogP contribution in [0.4, 0.5) is 5.69 Å². The maximum Gasteiger partial charge on any atom is 0.271 e. The summed E-state index contributed by atoms with van der Waals surface area (Å²) >= 11 is 0. The molecule has 1 heterocycles. The van der Waals surface area contributed by atoms with E-state index in [1.807, 2.05) is 31.2 Å². The van der Waals surface area contributed by atoms with Gasteiger partial charge in [0.05, 0.1) is 13.2 Å². The molecule has 114 valence electrons. The number of rotatable bonds is 7. The van der Waals surface area contributed by atoms with E-state index in [-0.39, 0.29) is 5.09 Å². The Morgan fingerprint density at radius 1 is 1.24 bits per heavy atom. The molecule has 0 radical (unpaired) electrons. The monoisotopic (exact) mass is 310 g/mol. The van der Waals surface area contributed by atoms with Gasteiger partial charge in [-0.05, 0) is 25.1 Å². The van der Waals surface area contributed by atoms with E-state index in [0.29, 0.717) is 25.5 Å². The fourth-order valence-corrected chi connectivity index (χ4v) is 2.30. The molecule has 0 unspecified atom stereocenters. The summed E-state index contributed by atoms with van der Waals surface area (Å²) < 4.78 is 32.9. The van der Waals surface area contributed by atoms with Crippen molar-refractivity contribution in [1.29, 1.82) is 0 Å². The van der Waals surface area contributed by atoms with Crippen LogP contribution in [0.5, 0.6) is 0 Å². The maximum absolute atomic E-state index is 11.1. The van der Waals surface area contributed by atoms with E-state index >= 15 is 0 Å². The largest absolute Gasteiger partial charge is 0.446 e. The van der Waals surface area contributed by atoms with Crippen LogP contribution >= 0.6 is 0 Å². The summed E-state index contributed by atoms with van der Waals surface area (Å²) in [4.78, 5) is 0. The third-order valence-corrected chi connectivity index (χ3v) is 3.63. The minimum atomic E-state index is -3.80. The first-order valence-electron chi connectivity index (χ1n) is 6.51. The fourth-order valence-electron chi connectivity index (χ4n) is 1.82. The summed E-state index contributed by atoms with van der Waals surface area (Å²) in [5.41, 5.74) is 1.94. The molecule has 0 aliphatic heterocycles. The number of furan rings is 1. The van der Waals surface area contributed by atoms with Crippen LogP contribution in [-0.4, -0.2) is 15.0 Å². The van der Waals surface area contributed by atoms with Gasteiger partial charge in [0.25, 0.3) is 10.0 Å². The predicted molar refractivity (Wildman–Crippen MR) is 79.2 cm³/mol. The second-order valence-electron chi connectivity index (χ2n) is 4.41. The highest BCUT2D eigenvalue weighted by atomic mass is 32.2. The van der Waals surface area contributed by atoms with Crippen molar-refractivity contribution in [3.8, 4) is 0 Å². The maximum atomic E-state index is 11.1. The van der Waals surface area contributed by atoms with Gasteiger partial charge in [0.15, 0.2) is 0 Å². The Bertz CT molecular complexity index is 695. The van der Waals surface area contributed by atoms with E-state index in [1.165, 1.54) is 6.07 Å². The molecule has 0 aliphatic carbocycles. The first kappa shape index (κ1) is 15.6. The van der Waals surface area contributed by atoms with Crippen molar-refractivity contribution in [3.63, 3.8) is 0 Å². The Morgan fingerprint density at radius 2 is 2.00 bits per heavy atom. The molecule has 0 fully saturated rings. The van der Waals surface area contributed by atoms with Gasteiger partial charge in [0.1, 0.15) is 5.76 Å². The molecule has 7 heteroatoms. The summed E-state index contributed by atoms with van der Waals surface area (Å²) in [6.07, 6.45) is 0. The van der Waals surface area contributed by atoms with Crippen molar-refractivity contribution in [3.05, 3.63) is 47.7 Å². The van der Waals surface area contributed by atoms with E-state index < -0.39 is 10.0 Å². The highest BCUT2D eigenvalue weighted by molar-refractivity contribution is 7.89. The van der Waals surface area contributed by atoms with Gasteiger partial charge < -0.3 is 14.5 Å². The molecule has 0 atom stereocenters. The van der Waals surface area contributed by atoms with Crippen LogP contribution in [0.2, 0.25) is 0 Å². The van der Waals surface area contributed by atoms with Gasteiger partial charge in [-0.25, -0.2) is 13.6 Å².